The normalized spacial score (nSPS) is 24.6. The van der Waals surface area contributed by atoms with E-state index in [4.69, 9.17) is 0 Å². The Bertz CT molecular complexity index is 184. The van der Waals surface area contributed by atoms with E-state index in [1.807, 2.05) is 0 Å². The fourth-order valence-electron chi connectivity index (χ4n) is 2.26. The summed E-state index contributed by atoms with van der Waals surface area (Å²) in [6.45, 7) is 1.28. The van der Waals surface area contributed by atoms with Crippen LogP contribution >= 0.6 is 0 Å². The molecule has 1 aliphatic rings. The van der Waals surface area contributed by atoms with Gasteiger partial charge in [0.15, 0.2) is 0 Å². The smallest absolute Gasteiger partial charge is 0.307 e. The van der Waals surface area contributed by atoms with Crippen molar-refractivity contribution in [1.82, 2.24) is 5.32 Å². The first kappa shape index (κ1) is 11.8. The lowest BCUT2D eigenvalue weighted by molar-refractivity contribution is -0.208. The Morgan fingerprint density at radius 1 is 1.07 bits per heavy atom. The van der Waals surface area contributed by atoms with E-state index in [0.29, 0.717) is 12.8 Å². The summed E-state index contributed by atoms with van der Waals surface area (Å²) in [5, 5.41) is 2.46. The Hall–Kier alpha value is -0.250. The van der Waals surface area contributed by atoms with E-state index in [1.54, 1.807) is 0 Å². The molecular formula is C10H18F3N. The highest BCUT2D eigenvalue weighted by molar-refractivity contribution is 4.96. The van der Waals surface area contributed by atoms with Crippen molar-refractivity contribution in [1.29, 1.82) is 0 Å². The van der Waals surface area contributed by atoms with Crippen molar-refractivity contribution in [3.05, 3.63) is 0 Å². The molecule has 1 unspecified atom stereocenters. The number of hydrogen-bond acceptors (Lipinski definition) is 1. The summed E-state index contributed by atoms with van der Waals surface area (Å²) in [5.41, 5.74) is -1.70. The van der Waals surface area contributed by atoms with Crippen LogP contribution in [0.15, 0.2) is 0 Å². The molecule has 4 heteroatoms. The van der Waals surface area contributed by atoms with Crippen LogP contribution in [0.2, 0.25) is 0 Å². The van der Waals surface area contributed by atoms with Gasteiger partial charge in [-0.1, -0.05) is 19.3 Å². The fourth-order valence-corrected chi connectivity index (χ4v) is 2.26. The van der Waals surface area contributed by atoms with E-state index in [0.717, 1.165) is 19.3 Å². The molecule has 84 valence electrons. The van der Waals surface area contributed by atoms with Gasteiger partial charge in [-0.15, -0.1) is 0 Å². The highest BCUT2D eigenvalue weighted by Gasteiger charge is 2.54. The topological polar surface area (TPSA) is 12.0 Å². The third kappa shape index (κ3) is 2.05. The summed E-state index contributed by atoms with van der Waals surface area (Å²) in [5.74, 6) is -0.263. The molecule has 0 heterocycles. The number of alkyl halides is 3. The Kier molecular flexibility index (Phi) is 3.45. The minimum Gasteiger partial charge on any atom is -0.307 e. The van der Waals surface area contributed by atoms with E-state index in [1.165, 1.54) is 14.0 Å². The third-order valence-corrected chi connectivity index (χ3v) is 3.53. The minimum atomic E-state index is -4.15. The van der Waals surface area contributed by atoms with Gasteiger partial charge >= 0.3 is 6.18 Å². The summed E-state index contributed by atoms with van der Waals surface area (Å²) in [6.07, 6.45) is 0.168. The summed E-state index contributed by atoms with van der Waals surface area (Å²) in [7, 11) is 1.40. The van der Waals surface area contributed by atoms with Gasteiger partial charge in [0.1, 0.15) is 5.54 Å². The molecule has 1 rings (SSSR count). The van der Waals surface area contributed by atoms with E-state index < -0.39 is 11.7 Å². The number of hydrogen-bond donors (Lipinski definition) is 1. The lowest BCUT2D eigenvalue weighted by atomic mass is 9.75. The standard InChI is InChI=1S/C10H18F3N/c1-9(14-2,10(11,12)13)8-6-4-3-5-7-8/h8,14H,3-7H2,1-2H3. The van der Waals surface area contributed by atoms with E-state index in [-0.39, 0.29) is 5.92 Å². The summed E-state index contributed by atoms with van der Waals surface area (Å²) >= 11 is 0. The van der Waals surface area contributed by atoms with Crippen LogP contribution in [0.25, 0.3) is 0 Å². The van der Waals surface area contributed by atoms with Gasteiger partial charge in [0.05, 0.1) is 0 Å². The number of rotatable bonds is 2. The van der Waals surface area contributed by atoms with Crippen molar-refractivity contribution < 1.29 is 13.2 Å². The van der Waals surface area contributed by atoms with Crippen LogP contribution in [0.5, 0.6) is 0 Å². The molecule has 1 N–H and O–H groups in total. The first-order chi connectivity index (χ1) is 6.42. The average Bonchev–Trinajstić information content (AvgIpc) is 2.16. The monoisotopic (exact) mass is 209 g/mol. The van der Waals surface area contributed by atoms with Gasteiger partial charge < -0.3 is 5.32 Å². The van der Waals surface area contributed by atoms with Crippen LogP contribution in [0, 0.1) is 5.92 Å². The maximum Gasteiger partial charge on any atom is 0.406 e. The molecule has 0 radical (unpaired) electrons. The van der Waals surface area contributed by atoms with Crippen LogP contribution < -0.4 is 5.32 Å². The molecule has 0 aromatic rings. The maximum absolute atomic E-state index is 12.8. The molecule has 1 nitrogen and oxygen atoms in total. The van der Waals surface area contributed by atoms with Crippen LogP contribution in [-0.2, 0) is 0 Å². The van der Waals surface area contributed by atoms with Crippen molar-refractivity contribution in [2.45, 2.75) is 50.7 Å². The molecule has 1 aliphatic carbocycles. The third-order valence-electron chi connectivity index (χ3n) is 3.53. The largest absolute Gasteiger partial charge is 0.406 e. The van der Waals surface area contributed by atoms with Crippen LogP contribution in [-0.4, -0.2) is 18.8 Å². The predicted molar refractivity (Wildman–Crippen MR) is 50.1 cm³/mol. The zero-order valence-electron chi connectivity index (χ0n) is 8.75. The average molecular weight is 209 g/mol. The zero-order chi connectivity index (χ0) is 10.8. The van der Waals surface area contributed by atoms with Crippen molar-refractivity contribution >= 4 is 0 Å². The highest BCUT2D eigenvalue weighted by Crippen LogP contribution is 2.42. The van der Waals surface area contributed by atoms with Crippen LogP contribution in [0.3, 0.4) is 0 Å². The van der Waals surface area contributed by atoms with Crippen LogP contribution in [0.4, 0.5) is 13.2 Å². The van der Waals surface area contributed by atoms with Gasteiger partial charge in [0, 0.05) is 0 Å². The lowest BCUT2D eigenvalue weighted by Crippen LogP contribution is -2.58. The van der Waals surface area contributed by atoms with Crippen molar-refractivity contribution in [2.24, 2.45) is 5.92 Å². The van der Waals surface area contributed by atoms with Gasteiger partial charge in [-0.25, -0.2) is 0 Å². The second kappa shape index (κ2) is 4.09. The molecule has 0 spiro atoms. The van der Waals surface area contributed by atoms with Crippen molar-refractivity contribution in [3.8, 4) is 0 Å². The van der Waals surface area contributed by atoms with E-state index in [2.05, 4.69) is 5.32 Å². The van der Waals surface area contributed by atoms with Crippen LogP contribution in [0.1, 0.15) is 39.0 Å². The number of halogens is 3. The molecule has 0 aromatic carbocycles. The van der Waals surface area contributed by atoms with Crippen molar-refractivity contribution in [2.75, 3.05) is 7.05 Å². The van der Waals surface area contributed by atoms with Gasteiger partial charge in [0.2, 0.25) is 0 Å². The Balaban J connectivity index is 2.77. The Morgan fingerprint density at radius 2 is 1.57 bits per heavy atom. The summed E-state index contributed by atoms with van der Waals surface area (Å²) in [4.78, 5) is 0. The molecule has 1 saturated carbocycles. The molecule has 1 atom stereocenters. The molecular weight excluding hydrogens is 191 g/mol. The maximum atomic E-state index is 12.8. The quantitative estimate of drug-likeness (QED) is 0.736. The molecule has 0 saturated heterocycles. The SMILES string of the molecule is CNC(C)(C1CCCCC1)C(F)(F)F. The van der Waals surface area contributed by atoms with Crippen molar-refractivity contribution in [3.63, 3.8) is 0 Å². The summed E-state index contributed by atoms with van der Waals surface area (Å²) in [6, 6.07) is 0. The minimum absolute atomic E-state index is 0.263. The van der Waals surface area contributed by atoms with Gasteiger partial charge in [0.25, 0.3) is 0 Å². The van der Waals surface area contributed by atoms with E-state index in [9.17, 15) is 13.2 Å². The molecule has 0 bridgehead atoms. The molecule has 0 aromatic heterocycles. The second-order valence-corrected chi connectivity index (χ2v) is 4.29. The predicted octanol–water partition coefficient (Wildman–Crippen LogP) is 3.11. The molecule has 0 aliphatic heterocycles. The number of nitrogens with one attached hydrogen (secondary N) is 1. The first-order valence-electron chi connectivity index (χ1n) is 5.17. The van der Waals surface area contributed by atoms with Gasteiger partial charge in [-0.05, 0) is 32.7 Å². The summed E-state index contributed by atoms with van der Waals surface area (Å²) < 4.78 is 38.5. The molecule has 1 fully saturated rings. The zero-order valence-corrected chi connectivity index (χ0v) is 8.75. The Morgan fingerprint density at radius 3 is 1.93 bits per heavy atom. The highest BCUT2D eigenvalue weighted by atomic mass is 19.4. The lowest BCUT2D eigenvalue weighted by Gasteiger charge is -2.41. The van der Waals surface area contributed by atoms with E-state index >= 15 is 0 Å². The Labute approximate surface area is 83.1 Å². The molecule has 0 amide bonds. The second-order valence-electron chi connectivity index (χ2n) is 4.29. The first-order valence-corrected chi connectivity index (χ1v) is 5.17. The van der Waals surface area contributed by atoms with Gasteiger partial charge in [-0.3, -0.25) is 0 Å². The molecule has 14 heavy (non-hydrogen) atoms. The fraction of sp³-hybridized carbons (Fsp3) is 1.00. The van der Waals surface area contributed by atoms with Gasteiger partial charge in [-0.2, -0.15) is 13.2 Å².